The first-order valence-corrected chi connectivity index (χ1v) is 6.90. The third kappa shape index (κ3) is 3.16. The van der Waals surface area contributed by atoms with Gasteiger partial charge in [-0.1, -0.05) is 24.0 Å². The molecule has 2 aliphatic heterocycles. The van der Waals surface area contributed by atoms with Crippen LogP contribution in [0.2, 0.25) is 0 Å². The van der Waals surface area contributed by atoms with Crippen LogP contribution in [-0.2, 0) is 11.3 Å². The molecule has 2 unspecified atom stereocenters. The van der Waals surface area contributed by atoms with Crippen LogP contribution >= 0.6 is 0 Å². The molecule has 0 spiro atoms. The van der Waals surface area contributed by atoms with E-state index in [-0.39, 0.29) is 6.61 Å². The van der Waals surface area contributed by atoms with E-state index in [4.69, 9.17) is 9.84 Å². The lowest BCUT2D eigenvalue weighted by Gasteiger charge is -2.32. The smallest absolute Gasteiger partial charge is 0.104 e. The molecule has 3 rings (SSSR count). The predicted molar refractivity (Wildman–Crippen MR) is 73.6 cm³/mol. The molecule has 3 heteroatoms. The summed E-state index contributed by atoms with van der Waals surface area (Å²) in [5.74, 6) is 5.58. The van der Waals surface area contributed by atoms with Gasteiger partial charge in [0.15, 0.2) is 0 Å². The van der Waals surface area contributed by atoms with E-state index in [9.17, 15) is 0 Å². The van der Waals surface area contributed by atoms with E-state index in [0.29, 0.717) is 12.2 Å². The zero-order chi connectivity index (χ0) is 13.1. The van der Waals surface area contributed by atoms with Crippen molar-refractivity contribution >= 4 is 0 Å². The van der Waals surface area contributed by atoms with Crippen molar-refractivity contribution in [3.8, 4) is 11.8 Å². The number of aliphatic hydroxyl groups is 1. The molecule has 1 N–H and O–H groups in total. The van der Waals surface area contributed by atoms with Crippen molar-refractivity contribution in [1.29, 1.82) is 0 Å². The summed E-state index contributed by atoms with van der Waals surface area (Å²) in [6.45, 7) is 3.02. The topological polar surface area (TPSA) is 32.7 Å². The van der Waals surface area contributed by atoms with Crippen LogP contribution in [0.1, 0.15) is 24.0 Å². The van der Waals surface area contributed by atoms with Gasteiger partial charge in [-0.15, -0.1) is 0 Å². The minimum Gasteiger partial charge on any atom is -0.384 e. The molecule has 3 nitrogen and oxygen atoms in total. The molecule has 1 aromatic carbocycles. The number of hydrogen-bond acceptors (Lipinski definition) is 3. The average molecular weight is 257 g/mol. The Hall–Kier alpha value is -1.34. The number of fused-ring (bicyclic) bond motifs is 2. The molecule has 2 aliphatic rings. The molecule has 0 radical (unpaired) electrons. The monoisotopic (exact) mass is 257 g/mol. The highest BCUT2D eigenvalue weighted by molar-refractivity contribution is 5.36. The van der Waals surface area contributed by atoms with Crippen LogP contribution in [-0.4, -0.2) is 41.9 Å². The molecule has 0 saturated carbocycles. The van der Waals surface area contributed by atoms with E-state index in [1.54, 1.807) is 0 Å². The maximum Gasteiger partial charge on any atom is 0.104 e. The van der Waals surface area contributed by atoms with Crippen LogP contribution in [0.15, 0.2) is 24.3 Å². The molecule has 2 atom stereocenters. The fourth-order valence-corrected chi connectivity index (χ4v) is 2.92. The number of ether oxygens (including phenoxy) is 1. The van der Waals surface area contributed by atoms with Gasteiger partial charge in [-0.3, -0.25) is 4.90 Å². The summed E-state index contributed by atoms with van der Waals surface area (Å²) in [5, 5.41) is 8.66. The summed E-state index contributed by atoms with van der Waals surface area (Å²) in [4.78, 5) is 2.49. The lowest BCUT2D eigenvalue weighted by molar-refractivity contribution is -0.0410. The summed E-state index contributed by atoms with van der Waals surface area (Å²) >= 11 is 0. The molecule has 0 aromatic heterocycles. The first-order valence-electron chi connectivity index (χ1n) is 6.90. The quantitative estimate of drug-likeness (QED) is 0.813. The van der Waals surface area contributed by atoms with Gasteiger partial charge in [0.2, 0.25) is 0 Å². The van der Waals surface area contributed by atoms with E-state index < -0.39 is 0 Å². The summed E-state index contributed by atoms with van der Waals surface area (Å²) < 4.78 is 5.84. The Labute approximate surface area is 114 Å². The number of rotatable bonds is 2. The summed E-state index contributed by atoms with van der Waals surface area (Å²) in [6, 6.07) is 8.29. The van der Waals surface area contributed by atoms with Crippen molar-refractivity contribution in [2.75, 3.05) is 19.7 Å². The highest BCUT2D eigenvalue weighted by atomic mass is 16.5. The van der Waals surface area contributed by atoms with Gasteiger partial charge < -0.3 is 9.84 Å². The zero-order valence-corrected chi connectivity index (χ0v) is 11.0. The molecular formula is C16H19NO2. The first kappa shape index (κ1) is 12.7. The molecular weight excluding hydrogens is 238 g/mol. The first-order chi connectivity index (χ1) is 9.33. The SMILES string of the molecule is OCC#Cc1ccc(CN2CC3CCC(C2)O3)cc1. The Morgan fingerprint density at radius 1 is 1.16 bits per heavy atom. The Morgan fingerprint density at radius 3 is 2.47 bits per heavy atom. The second-order valence-electron chi connectivity index (χ2n) is 5.31. The van der Waals surface area contributed by atoms with Gasteiger partial charge >= 0.3 is 0 Å². The highest BCUT2D eigenvalue weighted by Gasteiger charge is 2.33. The van der Waals surface area contributed by atoms with Crippen LogP contribution in [0.25, 0.3) is 0 Å². The molecule has 2 heterocycles. The van der Waals surface area contributed by atoms with E-state index in [1.807, 2.05) is 12.1 Å². The Bertz CT molecular complexity index is 474. The van der Waals surface area contributed by atoms with Gasteiger partial charge in [0, 0.05) is 25.2 Å². The molecule has 2 bridgehead atoms. The van der Waals surface area contributed by atoms with Gasteiger partial charge in [-0.2, -0.15) is 0 Å². The lowest BCUT2D eigenvalue weighted by Crippen LogP contribution is -2.41. The maximum absolute atomic E-state index is 8.66. The third-order valence-electron chi connectivity index (χ3n) is 3.79. The van der Waals surface area contributed by atoms with Gasteiger partial charge in [-0.05, 0) is 30.5 Å². The minimum atomic E-state index is -0.0850. The van der Waals surface area contributed by atoms with Crippen molar-refractivity contribution in [1.82, 2.24) is 4.90 Å². The summed E-state index contributed by atoms with van der Waals surface area (Å²) in [7, 11) is 0. The summed E-state index contributed by atoms with van der Waals surface area (Å²) in [5.41, 5.74) is 2.27. The minimum absolute atomic E-state index is 0.0850. The number of morpholine rings is 1. The standard InChI is InChI=1S/C16H19NO2/c18-9-1-2-13-3-5-14(6-4-13)10-17-11-15-7-8-16(12-17)19-15/h3-6,15-16,18H,7-12H2. The number of aliphatic hydroxyl groups excluding tert-OH is 1. The van der Waals surface area contributed by atoms with E-state index in [1.165, 1.54) is 18.4 Å². The highest BCUT2D eigenvalue weighted by Crippen LogP contribution is 2.27. The lowest BCUT2D eigenvalue weighted by atomic mass is 10.1. The fraction of sp³-hybridized carbons (Fsp3) is 0.500. The molecule has 0 amide bonds. The maximum atomic E-state index is 8.66. The van der Waals surface area contributed by atoms with E-state index >= 15 is 0 Å². The largest absolute Gasteiger partial charge is 0.384 e. The van der Waals surface area contributed by atoms with Gasteiger partial charge in [0.05, 0.1) is 12.2 Å². The second-order valence-corrected chi connectivity index (χ2v) is 5.31. The van der Waals surface area contributed by atoms with Crippen molar-refractivity contribution < 1.29 is 9.84 Å². The summed E-state index contributed by atoms with van der Waals surface area (Å²) in [6.07, 6.45) is 3.34. The van der Waals surface area contributed by atoms with Crippen molar-refractivity contribution in [3.05, 3.63) is 35.4 Å². The Kier molecular flexibility index (Phi) is 3.84. The van der Waals surface area contributed by atoms with Gasteiger partial charge in [-0.25, -0.2) is 0 Å². The molecule has 19 heavy (non-hydrogen) atoms. The molecule has 1 aromatic rings. The van der Waals surface area contributed by atoms with Crippen LogP contribution in [0.3, 0.4) is 0 Å². The zero-order valence-electron chi connectivity index (χ0n) is 11.0. The van der Waals surface area contributed by atoms with Gasteiger partial charge in [0.25, 0.3) is 0 Å². The average Bonchev–Trinajstić information content (AvgIpc) is 2.77. The van der Waals surface area contributed by atoms with Gasteiger partial charge in [0.1, 0.15) is 6.61 Å². The van der Waals surface area contributed by atoms with Crippen molar-refractivity contribution in [3.63, 3.8) is 0 Å². The van der Waals surface area contributed by atoms with Crippen LogP contribution in [0.4, 0.5) is 0 Å². The van der Waals surface area contributed by atoms with Crippen LogP contribution < -0.4 is 0 Å². The van der Waals surface area contributed by atoms with E-state index in [2.05, 4.69) is 28.9 Å². The molecule has 2 saturated heterocycles. The number of hydrogen-bond donors (Lipinski definition) is 1. The van der Waals surface area contributed by atoms with E-state index in [0.717, 1.165) is 25.2 Å². The third-order valence-corrected chi connectivity index (χ3v) is 3.79. The molecule has 100 valence electrons. The molecule has 0 aliphatic carbocycles. The van der Waals surface area contributed by atoms with Crippen molar-refractivity contribution in [2.24, 2.45) is 0 Å². The number of likely N-dealkylation sites (tertiary alicyclic amines) is 1. The number of nitrogens with zero attached hydrogens (tertiary/aromatic N) is 1. The Balaban J connectivity index is 1.60. The molecule has 2 fully saturated rings. The fourth-order valence-electron chi connectivity index (χ4n) is 2.92. The Morgan fingerprint density at radius 2 is 1.84 bits per heavy atom. The second kappa shape index (κ2) is 5.75. The predicted octanol–water partition coefficient (Wildman–Crippen LogP) is 1.39. The van der Waals surface area contributed by atoms with Crippen LogP contribution in [0.5, 0.6) is 0 Å². The normalized spacial score (nSPS) is 25.9. The van der Waals surface area contributed by atoms with Crippen molar-refractivity contribution in [2.45, 2.75) is 31.6 Å². The number of benzene rings is 1. The van der Waals surface area contributed by atoms with Crippen LogP contribution in [0, 0.1) is 11.8 Å².